The quantitative estimate of drug-likeness (QED) is 0.876. The van der Waals surface area contributed by atoms with E-state index in [1.807, 2.05) is 46.8 Å². The molecule has 1 rings (SSSR count). The van der Waals surface area contributed by atoms with E-state index in [9.17, 15) is 14.7 Å². The zero-order chi connectivity index (χ0) is 16.2. The third-order valence-electron chi connectivity index (χ3n) is 3.88. The molecule has 0 aromatic heterocycles. The smallest absolute Gasteiger partial charge is 0.311 e. The van der Waals surface area contributed by atoms with E-state index in [0.29, 0.717) is 13.1 Å². The van der Waals surface area contributed by atoms with Gasteiger partial charge in [-0.25, -0.2) is 0 Å². The number of hydrogen-bond acceptors (Lipinski definition) is 2. The first-order chi connectivity index (χ1) is 9.81. The number of amides is 1. The van der Waals surface area contributed by atoms with E-state index < -0.39 is 11.9 Å². The summed E-state index contributed by atoms with van der Waals surface area (Å²) in [7, 11) is 0. The van der Waals surface area contributed by atoms with Crippen LogP contribution in [0.15, 0.2) is 12.1 Å². The van der Waals surface area contributed by atoms with Gasteiger partial charge in [-0.3, -0.25) is 9.59 Å². The van der Waals surface area contributed by atoms with Crippen molar-refractivity contribution in [3.63, 3.8) is 0 Å². The van der Waals surface area contributed by atoms with Gasteiger partial charge in [-0.1, -0.05) is 17.7 Å². The van der Waals surface area contributed by atoms with Gasteiger partial charge in [-0.05, 0) is 51.3 Å². The number of aliphatic carboxylic acids is 1. The van der Waals surface area contributed by atoms with E-state index in [2.05, 4.69) is 0 Å². The van der Waals surface area contributed by atoms with Crippen molar-refractivity contribution in [1.82, 2.24) is 4.90 Å². The Balaban J connectivity index is 3.15. The van der Waals surface area contributed by atoms with Crippen LogP contribution in [0.25, 0.3) is 0 Å². The third-order valence-corrected chi connectivity index (χ3v) is 3.88. The Bertz CT molecular complexity index is 510. The van der Waals surface area contributed by atoms with Crippen molar-refractivity contribution >= 4 is 11.9 Å². The summed E-state index contributed by atoms with van der Waals surface area (Å²) in [6.45, 7) is 10.8. The number of aryl methyl sites for hydroxylation is 3. The van der Waals surface area contributed by atoms with E-state index in [1.165, 1.54) is 0 Å². The fourth-order valence-corrected chi connectivity index (χ4v) is 2.93. The number of hydrogen-bond donors (Lipinski definition) is 1. The molecule has 0 bridgehead atoms. The van der Waals surface area contributed by atoms with Crippen LogP contribution in [-0.4, -0.2) is 35.0 Å². The number of nitrogens with zero attached hydrogens (tertiary/aromatic N) is 1. The van der Waals surface area contributed by atoms with Crippen molar-refractivity contribution in [2.45, 2.75) is 47.0 Å². The molecule has 4 nitrogen and oxygen atoms in total. The Morgan fingerprint density at radius 3 is 1.95 bits per heavy atom. The van der Waals surface area contributed by atoms with Crippen molar-refractivity contribution in [2.24, 2.45) is 0 Å². The molecule has 0 saturated heterocycles. The van der Waals surface area contributed by atoms with Crippen molar-refractivity contribution in [3.8, 4) is 0 Å². The normalized spacial score (nSPS) is 12.0. The molecule has 1 aromatic carbocycles. The number of carboxylic acid groups (broad SMARTS) is 1. The first-order valence-corrected chi connectivity index (χ1v) is 7.40. The van der Waals surface area contributed by atoms with Crippen LogP contribution < -0.4 is 0 Å². The molecule has 1 N–H and O–H groups in total. The lowest BCUT2D eigenvalue weighted by Crippen LogP contribution is -2.33. The summed E-state index contributed by atoms with van der Waals surface area (Å²) in [5, 5.41) is 9.55. The number of benzene rings is 1. The van der Waals surface area contributed by atoms with Crippen molar-refractivity contribution < 1.29 is 14.7 Å². The molecule has 1 aromatic rings. The van der Waals surface area contributed by atoms with Gasteiger partial charge in [-0.2, -0.15) is 0 Å². The molecular formula is C17H25NO3. The summed E-state index contributed by atoms with van der Waals surface area (Å²) in [4.78, 5) is 25.6. The first-order valence-electron chi connectivity index (χ1n) is 7.40. The van der Waals surface area contributed by atoms with Crippen LogP contribution in [0.3, 0.4) is 0 Å². The molecule has 1 amide bonds. The Hall–Kier alpha value is -1.84. The SMILES string of the molecule is CCN(CC)C(=O)CC(C(=O)O)c1c(C)cc(C)cc1C. The third kappa shape index (κ3) is 4.06. The number of carbonyl (C=O) groups excluding carboxylic acids is 1. The van der Waals surface area contributed by atoms with Gasteiger partial charge in [0.15, 0.2) is 0 Å². The molecule has 0 aliphatic heterocycles. The largest absolute Gasteiger partial charge is 0.481 e. The second-order valence-electron chi connectivity index (χ2n) is 5.47. The summed E-state index contributed by atoms with van der Waals surface area (Å²) < 4.78 is 0. The number of carboxylic acids is 1. The van der Waals surface area contributed by atoms with Crippen LogP contribution >= 0.6 is 0 Å². The zero-order valence-electron chi connectivity index (χ0n) is 13.6. The molecular weight excluding hydrogens is 266 g/mol. The van der Waals surface area contributed by atoms with Gasteiger partial charge in [0.25, 0.3) is 0 Å². The lowest BCUT2D eigenvalue weighted by molar-refractivity contribution is -0.142. The number of rotatable bonds is 6. The fourth-order valence-electron chi connectivity index (χ4n) is 2.93. The molecule has 0 aliphatic rings. The van der Waals surface area contributed by atoms with E-state index in [4.69, 9.17) is 0 Å². The van der Waals surface area contributed by atoms with Crippen LogP contribution in [-0.2, 0) is 9.59 Å². The monoisotopic (exact) mass is 291 g/mol. The number of carbonyl (C=O) groups is 2. The van der Waals surface area contributed by atoms with Gasteiger partial charge in [0.1, 0.15) is 0 Å². The molecule has 4 heteroatoms. The van der Waals surface area contributed by atoms with Crippen LogP contribution in [0.2, 0.25) is 0 Å². The molecule has 1 atom stereocenters. The molecule has 0 aliphatic carbocycles. The summed E-state index contributed by atoms with van der Waals surface area (Å²) in [6.07, 6.45) is 0.0156. The maximum atomic E-state index is 12.2. The highest BCUT2D eigenvalue weighted by molar-refractivity contribution is 5.86. The fraction of sp³-hybridized carbons (Fsp3) is 0.529. The second-order valence-corrected chi connectivity index (χ2v) is 5.47. The van der Waals surface area contributed by atoms with Gasteiger partial charge in [0.05, 0.1) is 5.92 Å². The Morgan fingerprint density at radius 1 is 1.10 bits per heavy atom. The maximum Gasteiger partial charge on any atom is 0.311 e. The van der Waals surface area contributed by atoms with Crippen molar-refractivity contribution in [1.29, 1.82) is 0 Å². The summed E-state index contributed by atoms with van der Waals surface area (Å²) in [5.74, 6) is -1.82. The van der Waals surface area contributed by atoms with Gasteiger partial charge in [0, 0.05) is 19.5 Å². The molecule has 0 saturated carbocycles. The second kappa shape index (κ2) is 7.25. The molecule has 0 fully saturated rings. The molecule has 21 heavy (non-hydrogen) atoms. The van der Waals surface area contributed by atoms with Crippen molar-refractivity contribution in [3.05, 3.63) is 34.4 Å². The minimum Gasteiger partial charge on any atom is -0.481 e. The minimum atomic E-state index is -0.939. The van der Waals surface area contributed by atoms with E-state index in [-0.39, 0.29) is 12.3 Å². The van der Waals surface area contributed by atoms with Crippen LogP contribution in [0, 0.1) is 20.8 Å². The molecule has 116 valence electrons. The Morgan fingerprint density at radius 2 is 1.57 bits per heavy atom. The average Bonchev–Trinajstić information content (AvgIpc) is 2.37. The van der Waals surface area contributed by atoms with Gasteiger partial charge >= 0.3 is 5.97 Å². The predicted molar refractivity (Wildman–Crippen MR) is 83.6 cm³/mol. The molecule has 0 heterocycles. The van der Waals surface area contributed by atoms with E-state index in [1.54, 1.807) is 4.90 Å². The average molecular weight is 291 g/mol. The van der Waals surface area contributed by atoms with Gasteiger partial charge < -0.3 is 10.0 Å². The molecule has 0 spiro atoms. The molecule has 1 unspecified atom stereocenters. The predicted octanol–water partition coefficient (Wildman–Crippen LogP) is 3.04. The van der Waals surface area contributed by atoms with Gasteiger partial charge in [0.2, 0.25) is 5.91 Å². The zero-order valence-corrected chi connectivity index (χ0v) is 13.6. The van der Waals surface area contributed by atoms with Crippen molar-refractivity contribution in [2.75, 3.05) is 13.1 Å². The lowest BCUT2D eigenvalue weighted by Gasteiger charge is -2.23. The summed E-state index contributed by atoms with van der Waals surface area (Å²) in [6, 6.07) is 3.94. The Labute approximate surface area is 126 Å². The topological polar surface area (TPSA) is 57.6 Å². The lowest BCUT2D eigenvalue weighted by atomic mass is 9.87. The Kier molecular flexibility index (Phi) is 5.94. The maximum absolute atomic E-state index is 12.2. The van der Waals surface area contributed by atoms with E-state index in [0.717, 1.165) is 22.3 Å². The molecule has 0 radical (unpaired) electrons. The standard InChI is InChI=1S/C17H25NO3/c1-6-18(7-2)15(19)10-14(17(20)21)16-12(4)8-11(3)9-13(16)5/h8-9,14H,6-7,10H2,1-5H3,(H,20,21). The van der Waals surface area contributed by atoms with E-state index >= 15 is 0 Å². The van der Waals surface area contributed by atoms with Crippen LogP contribution in [0.1, 0.15) is 48.4 Å². The van der Waals surface area contributed by atoms with Crippen LogP contribution in [0.4, 0.5) is 0 Å². The highest BCUT2D eigenvalue weighted by atomic mass is 16.4. The van der Waals surface area contributed by atoms with Crippen LogP contribution in [0.5, 0.6) is 0 Å². The summed E-state index contributed by atoms with van der Waals surface area (Å²) in [5.41, 5.74) is 3.75. The highest BCUT2D eigenvalue weighted by Crippen LogP contribution is 2.28. The first kappa shape index (κ1) is 17.2. The van der Waals surface area contributed by atoms with Gasteiger partial charge in [-0.15, -0.1) is 0 Å². The minimum absolute atomic E-state index is 0.0156. The summed E-state index contributed by atoms with van der Waals surface area (Å²) >= 11 is 0. The highest BCUT2D eigenvalue weighted by Gasteiger charge is 2.27.